The van der Waals surface area contributed by atoms with Gasteiger partial charge in [0, 0.05) is 19.8 Å². The van der Waals surface area contributed by atoms with Gasteiger partial charge in [0.25, 0.3) is 11.8 Å². The first kappa shape index (κ1) is 14.7. The van der Waals surface area contributed by atoms with E-state index in [9.17, 15) is 9.59 Å². The Morgan fingerprint density at radius 3 is 2.20 bits per heavy atom. The van der Waals surface area contributed by atoms with Crippen molar-refractivity contribution in [2.75, 3.05) is 19.8 Å². The van der Waals surface area contributed by atoms with E-state index in [0.29, 0.717) is 17.7 Å². The zero-order valence-electron chi connectivity index (χ0n) is 11.9. The minimum absolute atomic E-state index is 0.159. The fourth-order valence-electron chi connectivity index (χ4n) is 2.34. The number of imide groups is 1. The highest BCUT2D eigenvalue weighted by Gasteiger charge is 2.34. The summed E-state index contributed by atoms with van der Waals surface area (Å²) in [4.78, 5) is 25.5. The number of nitrogens with zero attached hydrogens (tertiary/aromatic N) is 1. The average molecular weight is 275 g/mol. The van der Waals surface area contributed by atoms with Crippen LogP contribution in [0, 0.1) is 0 Å². The molecule has 0 unspecified atom stereocenters. The number of ether oxygens (including phenoxy) is 1. The molecule has 4 heteroatoms. The van der Waals surface area contributed by atoms with E-state index < -0.39 is 0 Å². The quantitative estimate of drug-likeness (QED) is 0.541. The molecule has 20 heavy (non-hydrogen) atoms. The third kappa shape index (κ3) is 3.25. The highest BCUT2D eigenvalue weighted by Crippen LogP contribution is 2.22. The molecule has 0 aliphatic carbocycles. The number of fused-ring (bicyclic) bond motifs is 1. The lowest BCUT2D eigenvalue weighted by atomic mass is 10.1. The van der Waals surface area contributed by atoms with Gasteiger partial charge in [-0.3, -0.25) is 14.5 Å². The van der Waals surface area contributed by atoms with Gasteiger partial charge in [-0.05, 0) is 37.8 Å². The van der Waals surface area contributed by atoms with Crippen molar-refractivity contribution < 1.29 is 14.3 Å². The normalized spacial score (nSPS) is 13.9. The number of hydrogen-bond donors (Lipinski definition) is 0. The van der Waals surface area contributed by atoms with Gasteiger partial charge in [0.2, 0.25) is 0 Å². The monoisotopic (exact) mass is 275 g/mol. The molecule has 4 nitrogen and oxygen atoms in total. The first-order valence-electron chi connectivity index (χ1n) is 7.28. The van der Waals surface area contributed by atoms with Crippen molar-refractivity contribution in [3.8, 4) is 0 Å². The molecule has 0 N–H and O–H groups in total. The van der Waals surface area contributed by atoms with E-state index in [0.717, 1.165) is 38.9 Å². The minimum Gasteiger partial charge on any atom is -0.381 e. The number of unbranched alkanes of at least 4 members (excludes halogenated alkanes) is 2. The molecule has 0 atom stereocenters. The molecule has 2 amide bonds. The van der Waals surface area contributed by atoms with Gasteiger partial charge in [-0.15, -0.1) is 0 Å². The third-order valence-corrected chi connectivity index (χ3v) is 3.40. The lowest BCUT2D eigenvalue weighted by molar-refractivity contribution is 0.0650. The Bertz CT molecular complexity index is 449. The van der Waals surface area contributed by atoms with Crippen molar-refractivity contribution in [2.24, 2.45) is 0 Å². The molecule has 0 saturated heterocycles. The Hall–Kier alpha value is -1.68. The lowest BCUT2D eigenvalue weighted by Gasteiger charge is -2.13. The molecule has 1 aliphatic rings. The topological polar surface area (TPSA) is 46.6 Å². The number of benzene rings is 1. The molecular formula is C16H21NO3. The number of carbonyl (C=O) groups excluding carboxylic acids is 2. The Balaban J connectivity index is 1.75. The molecule has 108 valence electrons. The molecule has 0 fully saturated rings. The van der Waals surface area contributed by atoms with Crippen molar-refractivity contribution >= 4 is 11.8 Å². The van der Waals surface area contributed by atoms with Crippen LogP contribution in [-0.2, 0) is 4.74 Å². The number of amides is 2. The third-order valence-electron chi connectivity index (χ3n) is 3.40. The molecule has 0 aromatic heterocycles. The maximum Gasteiger partial charge on any atom is 0.261 e. The van der Waals surface area contributed by atoms with Crippen molar-refractivity contribution in [3.63, 3.8) is 0 Å². The van der Waals surface area contributed by atoms with Crippen LogP contribution in [0.15, 0.2) is 24.3 Å². The van der Waals surface area contributed by atoms with Crippen LogP contribution in [0.1, 0.15) is 53.3 Å². The summed E-state index contributed by atoms with van der Waals surface area (Å²) in [5, 5.41) is 0. The van der Waals surface area contributed by atoms with E-state index in [2.05, 4.69) is 6.92 Å². The van der Waals surface area contributed by atoms with Crippen LogP contribution in [0.25, 0.3) is 0 Å². The van der Waals surface area contributed by atoms with E-state index in [4.69, 9.17) is 4.74 Å². The van der Waals surface area contributed by atoms with Crippen molar-refractivity contribution in [1.29, 1.82) is 0 Å². The van der Waals surface area contributed by atoms with E-state index in [1.165, 1.54) is 4.90 Å². The maximum atomic E-state index is 12.1. The standard InChI is InChI=1S/C16H21NO3/c1-2-11-20-12-7-3-6-10-17-15(18)13-8-4-5-9-14(13)16(17)19/h4-5,8-9H,2-3,6-7,10-12H2,1H3. The zero-order chi connectivity index (χ0) is 14.4. The van der Waals surface area contributed by atoms with Gasteiger partial charge in [0.15, 0.2) is 0 Å². The van der Waals surface area contributed by atoms with E-state index in [1.807, 2.05) is 0 Å². The number of carbonyl (C=O) groups is 2. The molecular weight excluding hydrogens is 254 g/mol. The molecule has 2 rings (SSSR count). The second-order valence-electron chi connectivity index (χ2n) is 4.98. The van der Waals surface area contributed by atoms with Gasteiger partial charge in [-0.1, -0.05) is 19.1 Å². The van der Waals surface area contributed by atoms with Crippen molar-refractivity contribution in [1.82, 2.24) is 4.90 Å². The summed E-state index contributed by atoms with van der Waals surface area (Å²) < 4.78 is 5.40. The lowest BCUT2D eigenvalue weighted by Crippen LogP contribution is -2.30. The van der Waals surface area contributed by atoms with Crippen LogP contribution < -0.4 is 0 Å². The fourth-order valence-corrected chi connectivity index (χ4v) is 2.34. The van der Waals surface area contributed by atoms with Gasteiger partial charge in [-0.25, -0.2) is 0 Å². The van der Waals surface area contributed by atoms with Crippen LogP contribution in [-0.4, -0.2) is 36.5 Å². The van der Waals surface area contributed by atoms with Gasteiger partial charge >= 0.3 is 0 Å². The van der Waals surface area contributed by atoms with Crippen molar-refractivity contribution in [3.05, 3.63) is 35.4 Å². The van der Waals surface area contributed by atoms with Crippen LogP contribution in [0.3, 0.4) is 0 Å². The highest BCUT2D eigenvalue weighted by molar-refractivity contribution is 6.21. The minimum atomic E-state index is -0.159. The van der Waals surface area contributed by atoms with Gasteiger partial charge in [0.05, 0.1) is 11.1 Å². The summed E-state index contributed by atoms with van der Waals surface area (Å²) >= 11 is 0. The van der Waals surface area contributed by atoms with Crippen molar-refractivity contribution in [2.45, 2.75) is 32.6 Å². The molecule has 1 aliphatic heterocycles. The summed E-state index contributed by atoms with van der Waals surface area (Å²) in [7, 11) is 0. The van der Waals surface area contributed by atoms with Gasteiger partial charge in [0.1, 0.15) is 0 Å². The van der Waals surface area contributed by atoms with Gasteiger partial charge < -0.3 is 4.74 Å². The van der Waals surface area contributed by atoms with E-state index >= 15 is 0 Å². The highest BCUT2D eigenvalue weighted by atomic mass is 16.5. The summed E-state index contributed by atoms with van der Waals surface area (Å²) in [6, 6.07) is 7.01. The van der Waals surface area contributed by atoms with E-state index in [-0.39, 0.29) is 11.8 Å². The molecule has 1 heterocycles. The SMILES string of the molecule is CCCOCCCCCN1C(=O)c2ccccc2C1=O. The molecule has 1 aromatic carbocycles. The average Bonchev–Trinajstić information content (AvgIpc) is 2.71. The number of hydrogen-bond acceptors (Lipinski definition) is 3. The smallest absolute Gasteiger partial charge is 0.261 e. The summed E-state index contributed by atoms with van der Waals surface area (Å²) in [5.41, 5.74) is 1.06. The maximum absolute atomic E-state index is 12.1. The number of rotatable bonds is 8. The van der Waals surface area contributed by atoms with E-state index in [1.54, 1.807) is 24.3 Å². The molecule has 0 radical (unpaired) electrons. The summed E-state index contributed by atoms with van der Waals surface area (Å²) in [6.45, 7) is 4.15. The molecule has 0 bridgehead atoms. The Labute approximate surface area is 119 Å². The molecule has 0 saturated carbocycles. The van der Waals surface area contributed by atoms with Crippen LogP contribution >= 0.6 is 0 Å². The van der Waals surface area contributed by atoms with Crippen LogP contribution in [0.5, 0.6) is 0 Å². The van der Waals surface area contributed by atoms with Crippen LogP contribution in [0.2, 0.25) is 0 Å². The Morgan fingerprint density at radius 1 is 0.950 bits per heavy atom. The first-order valence-corrected chi connectivity index (χ1v) is 7.28. The summed E-state index contributed by atoms with van der Waals surface area (Å²) in [5.74, 6) is -0.319. The Morgan fingerprint density at radius 2 is 1.60 bits per heavy atom. The second kappa shape index (κ2) is 7.20. The second-order valence-corrected chi connectivity index (χ2v) is 4.98. The summed E-state index contributed by atoms with van der Waals surface area (Å²) in [6.07, 6.45) is 3.82. The molecule has 0 spiro atoms. The van der Waals surface area contributed by atoms with Crippen LogP contribution in [0.4, 0.5) is 0 Å². The predicted octanol–water partition coefficient (Wildman–Crippen LogP) is 2.88. The Kier molecular flexibility index (Phi) is 5.30. The fraction of sp³-hybridized carbons (Fsp3) is 0.500. The van der Waals surface area contributed by atoms with Gasteiger partial charge in [-0.2, -0.15) is 0 Å². The zero-order valence-corrected chi connectivity index (χ0v) is 11.9. The first-order chi connectivity index (χ1) is 9.75. The largest absolute Gasteiger partial charge is 0.381 e. The predicted molar refractivity (Wildman–Crippen MR) is 76.8 cm³/mol. The molecule has 1 aromatic rings.